The number of aromatic nitrogens is 6. The molecule has 0 saturated heterocycles. The first kappa shape index (κ1) is 19.0. The molecule has 5 aromatic rings. The maximum absolute atomic E-state index is 10.3. The van der Waals surface area contributed by atoms with E-state index >= 15 is 0 Å². The van der Waals surface area contributed by atoms with Crippen LogP contribution in [-0.2, 0) is 5.60 Å². The SMILES string of the molecule is CC(C)(O)c1cc(-c2cc3cnc(Nc4cccc(-c5ncn[nH]5)c4)cc3[nH]2)ccn1. The van der Waals surface area contributed by atoms with Gasteiger partial charge in [0.1, 0.15) is 17.7 Å². The highest BCUT2D eigenvalue weighted by atomic mass is 16.3. The van der Waals surface area contributed by atoms with Crippen LogP contribution in [0.5, 0.6) is 0 Å². The normalized spacial score (nSPS) is 11.7. The van der Waals surface area contributed by atoms with Crippen molar-refractivity contribution in [3.63, 3.8) is 0 Å². The van der Waals surface area contributed by atoms with Crippen LogP contribution in [0.1, 0.15) is 19.5 Å². The monoisotopic (exact) mass is 411 g/mol. The van der Waals surface area contributed by atoms with Crippen molar-refractivity contribution in [2.45, 2.75) is 19.4 Å². The topological polar surface area (TPSA) is 115 Å². The number of fused-ring (bicyclic) bond motifs is 1. The molecule has 0 fully saturated rings. The summed E-state index contributed by atoms with van der Waals surface area (Å²) in [4.78, 5) is 16.4. The standard InChI is InChI=1S/C23H21N7O/c1-23(2,31)20-10-14(6-7-24-20)18-9-16-12-25-21(11-19(16)29-18)28-17-5-3-4-15(8-17)22-26-13-27-30-22/h3-13,29,31H,1-2H3,(H,25,28)(H,26,27,30). The summed E-state index contributed by atoms with van der Waals surface area (Å²) in [6.07, 6.45) is 5.03. The second-order valence-electron chi connectivity index (χ2n) is 7.87. The maximum atomic E-state index is 10.3. The molecule has 0 unspecified atom stereocenters. The van der Waals surface area contributed by atoms with Gasteiger partial charge in [-0.3, -0.25) is 10.1 Å². The van der Waals surface area contributed by atoms with E-state index in [1.54, 1.807) is 20.0 Å². The lowest BCUT2D eigenvalue weighted by molar-refractivity contribution is 0.0739. The van der Waals surface area contributed by atoms with Crippen molar-refractivity contribution in [3.05, 3.63) is 72.9 Å². The number of anilines is 2. The van der Waals surface area contributed by atoms with Crippen LogP contribution >= 0.6 is 0 Å². The number of pyridine rings is 2. The molecule has 4 aromatic heterocycles. The molecule has 1 aromatic carbocycles. The molecule has 5 rings (SSSR count). The zero-order valence-corrected chi connectivity index (χ0v) is 17.1. The van der Waals surface area contributed by atoms with Crippen molar-refractivity contribution in [1.82, 2.24) is 30.1 Å². The fourth-order valence-corrected chi connectivity index (χ4v) is 3.42. The molecule has 8 nitrogen and oxygen atoms in total. The van der Waals surface area contributed by atoms with Gasteiger partial charge in [-0.05, 0) is 44.2 Å². The molecule has 0 aliphatic heterocycles. The minimum absolute atomic E-state index is 0.621. The van der Waals surface area contributed by atoms with E-state index in [1.807, 2.05) is 54.7 Å². The van der Waals surface area contributed by atoms with Gasteiger partial charge in [-0.15, -0.1) is 0 Å². The summed E-state index contributed by atoms with van der Waals surface area (Å²) in [5, 5.41) is 21.4. The Morgan fingerprint density at radius 2 is 1.87 bits per heavy atom. The highest BCUT2D eigenvalue weighted by molar-refractivity contribution is 5.87. The summed E-state index contributed by atoms with van der Waals surface area (Å²) in [6, 6.07) is 15.7. The average Bonchev–Trinajstić information content (AvgIpc) is 3.43. The highest BCUT2D eigenvalue weighted by Gasteiger charge is 2.18. The van der Waals surface area contributed by atoms with Crippen LogP contribution in [0.15, 0.2) is 67.3 Å². The van der Waals surface area contributed by atoms with Crippen molar-refractivity contribution in [1.29, 1.82) is 0 Å². The van der Waals surface area contributed by atoms with Gasteiger partial charge in [-0.2, -0.15) is 5.10 Å². The summed E-state index contributed by atoms with van der Waals surface area (Å²) in [5.74, 6) is 1.44. The lowest BCUT2D eigenvalue weighted by Gasteiger charge is -2.16. The van der Waals surface area contributed by atoms with Gasteiger partial charge in [0.05, 0.1) is 11.2 Å². The number of aliphatic hydroxyl groups is 1. The molecule has 0 atom stereocenters. The molecule has 4 N–H and O–H groups in total. The second-order valence-corrected chi connectivity index (χ2v) is 7.87. The summed E-state index contributed by atoms with van der Waals surface area (Å²) >= 11 is 0. The van der Waals surface area contributed by atoms with E-state index in [2.05, 4.69) is 35.5 Å². The van der Waals surface area contributed by atoms with Gasteiger partial charge < -0.3 is 15.4 Å². The van der Waals surface area contributed by atoms with Crippen molar-refractivity contribution in [3.8, 4) is 22.6 Å². The summed E-state index contributed by atoms with van der Waals surface area (Å²) in [6.45, 7) is 3.45. The zero-order chi connectivity index (χ0) is 21.4. The molecule has 0 spiro atoms. The van der Waals surface area contributed by atoms with Crippen LogP contribution in [0.4, 0.5) is 11.5 Å². The van der Waals surface area contributed by atoms with E-state index in [0.29, 0.717) is 11.5 Å². The van der Waals surface area contributed by atoms with Crippen molar-refractivity contribution < 1.29 is 5.11 Å². The van der Waals surface area contributed by atoms with Crippen molar-refractivity contribution in [2.75, 3.05) is 5.32 Å². The van der Waals surface area contributed by atoms with Crippen molar-refractivity contribution in [2.24, 2.45) is 0 Å². The Morgan fingerprint density at radius 1 is 0.968 bits per heavy atom. The lowest BCUT2D eigenvalue weighted by atomic mass is 10.0. The Balaban J connectivity index is 1.44. The molecule has 31 heavy (non-hydrogen) atoms. The molecule has 4 heterocycles. The minimum Gasteiger partial charge on any atom is -0.384 e. The van der Waals surface area contributed by atoms with E-state index < -0.39 is 5.60 Å². The largest absolute Gasteiger partial charge is 0.384 e. The first-order valence-corrected chi connectivity index (χ1v) is 9.86. The third kappa shape index (κ3) is 3.88. The van der Waals surface area contributed by atoms with Crippen LogP contribution in [-0.4, -0.2) is 35.2 Å². The molecule has 154 valence electrons. The first-order chi connectivity index (χ1) is 15.0. The molecular weight excluding hydrogens is 390 g/mol. The van der Waals surface area contributed by atoms with Gasteiger partial charge in [-0.1, -0.05) is 12.1 Å². The fraction of sp³-hybridized carbons (Fsp3) is 0.130. The number of nitrogens with one attached hydrogen (secondary N) is 3. The van der Waals surface area contributed by atoms with Crippen LogP contribution in [0.3, 0.4) is 0 Å². The van der Waals surface area contributed by atoms with E-state index in [9.17, 15) is 5.11 Å². The maximum Gasteiger partial charge on any atom is 0.155 e. The number of aromatic amines is 2. The Kier molecular flexibility index (Phi) is 4.48. The summed E-state index contributed by atoms with van der Waals surface area (Å²) in [7, 11) is 0. The smallest absolute Gasteiger partial charge is 0.155 e. The number of hydrogen-bond acceptors (Lipinski definition) is 6. The predicted octanol–water partition coefficient (Wildman–Crippen LogP) is 4.38. The number of benzene rings is 1. The van der Waals surface area contributed by atoms with Crippen LogP contribution in [0, 0.1) is 0 Å². The van der Waals surface area contributed by atoms with E-state index in [0.717, 1.165) is 39.2 Å². The molecule has 0 aliphatic carbocycles. The molecule has 0 amide bonds. The molecular formula is C23H21N7O. The predicted molar refractivity (Wildman–Crippen MR) is 120 cm³/mol. The van der Waals surface area contributed by atoms with Crippen LogP contribution in [0.2, 0.25) is 0 Å². The highest BCUT2D eigenvalue weighted by Crippen LogP contribution is 2.28. The van der Waals surface area contributed by atoms with Gasteiger partial charge in [0.15, 0.2) is 5.82 Å². The number of hydrogen-bond donors (Lipinski definition) is 4. The number of H-pyrrole nitrogens is 2. The average molecular weight is 411 g/mol. The van der Waals surface area contributed by atoms with E-state index in [1.165, 1.54) is 6.33 Å². The zero-order valence-electron chi connectivity index (χ0n) is 17.1. The number of rotatable bonds is 5. The molecule has 0 radical (unpaired) electrons. The van der Waals surface area contributed by atoms with Gasteiger partial charge in [0.25, 0.3) is 0 Å². The lowest BCUT2D eigenvalue weighted by Crippen LogP contribution is -2.17. The Bertz CT molecular complexity index is 1350. The minimum atomic E-state index is -0.999. The van der Waals surface area contributed by atoms with E-state index in [4.69, 9.17) is 0 Å². The molecule has 0 saturated carbocycles. The van der Waals surface area contributed by atoms with Gasteiger partial charge in [0, 0.05) is 46.4 Å². The molecule has 0 aliphatic rings. The Hall–Kier alpha value is -4.04. The van der Waals surface area contributed by atoms with Gasteiger partial charge in [-0.25, -0.2) is 9.97 Å². The number of nitrogens with zero attached hydrogens (tertiary/aromatic N) is 4. The summed E-state index contributed by atoms with van der Waals surface area (Å²) in [5.41, 5.74) is 4.31. The second kappa shape index (κ2) is 7.33. The first-order valence-electron chi connectivity index (χ1n) is 9.86. The quantitative estimate of drug-likeness (QED) is 0.341. The fourth-order valence-electron chi connectivity index (χ4n) is 3.42. The van der Waals surface area contributed by atoms with Crippen molar-refractivity contribution >= 4 is 22.4 Å². The molecule has 0 bridgehead atoms. The van der Waals surface area contributed by atoms with Gasteiger partial charge in [0.2, 0.25) is 0 Å². The Morgan fingerprint density at radius 3 is 2.68 bits per heavy atom. The van der Waals surface area contributed by atoms with Gasteiger partial charge >= 0.3 is 0 Å². The molecule has 8 heteroatoms. The van der Waals surface area contributed by atoms with Crippen LogP contribution in [0.25, 0.3) is 33.5 Å². The van der Waals surface area contributed by atoms with E-state index in [-0.39, 0.29) is 0 Å². The van der Waals surface area contributed by atoms with Crippen LogP contribution < -0.4 is 5.32 Å². The summed E-state index contributed by atoms with van der Waals surface area (Å²) < 4.78 is 0. The Labute approximate surface area is 178 Å². The third-order valence-electron chi connectivity index (χ3n) is 5.03. The third-order valence-corrected chi connectivity index (χ3v) is 5.03.